The number of hydrogen-bond acceptors (Lipinski definition) is 4. The molecule has 2 heterocycles. The minimum Gasteiger partial charge on any atom is -0.495 e. The monoisotopic (exact) mass is 352 g/mol. The number of carbonyl (C=O) groups is 2. The van der Waals surface area contributed by atoms with E-state index in [-0.39, 0.29) is 23.5 Å². The van der Waals surface area contributed by atoms with Crippen molar-refractivity contribution in [1.82, 2.24) is 14.7 Å². The lowest BCUT2D eigenvalue weighted by Crippen LogP contribution is -2.31. The molecule has 1 aromatic carbocycles. The van der Waals surface area contributed by atoms with Crippen LogP contribution in [0.1, 0.15) is 35.0 Å². The average Bonchev–Trinajstić information content (AvgIpc) is 3.01. The summed E-state index contributed by atoms with van der Waals surface area (Å²) in [6, 6.07) is 12.4. The highest BCUT2D eigenvalue weighted by molar-refractivity contribution is 6.09. The van der Waals surface area contributed by atoms with Gasteiger partial charge in [-0.25, -0.2) is 4.98 Å². The summed E-state index contributed by atoms with van der Waals surface area (Å²) in [5.41, 5.74) is 1.25. The van der Waals surface area contributed by atoms with Crippen molar-refractivity contribution in [3.05, 3.63) is 60.2 Å². The van der Waals surface area contributed by atoms with Gasteiger partial charge in [-0.3, -0.25) is 14.0 Å². The summed E-state index contributed by atoms with van der Waals surface area (Å²) in [5.74, 6) is -0.0408. The number of nitrogens with zero attached hydrogens (tertiary/aromatic N) is 2. The highest BCUT2D eigenvalue weighted by atomic mass is 16.5. The molecule has 3 aromatic rings. The molecule has 0 bridgehead atoms. The van der Waals surface area contributed by atoms with Gasteiger partial charge in [0.25, 0.3) is 11.8 Å². The molecule has 3 rings (SSSR count). The van der Waals surface area contributed by atoms with Crippen LogP contribution < -0.4 is 15.4 Å². The molecule has 26 heavy (non-hydrogen) atoms. The van der Waals surface area contributed by atoms with Gasteiger partial charge in [0.1, 0.15) is 5.75 Å². The molecule has 7 heteroatoms. The molecule has 0 radical (unpaired) electrons. The first-order valence-corrected chi connectivity index (χ1v) is 8.23. The number of amides is 2. The highest BCUT2D eigenvalue weighted by Crippen LogP contribution is 2.24. The molecular formula is C19H20N4O3. The zero-order chi connectivity index (χ0) is 18.7. The van der Waals surface area contributed by atoms with Gasteiger partial charge in [-0.1, -0.05) is 18.2 Å². The van der Waals surface area contributed by atoms with E-state index in [1.807, 2.05) is 19.9 Å². The van der Waals surface area contributed by atoms with Crippen molar-refractivity contribution in [1.29, 1.82) is 0 Å². The van der Waals surface area contributed by atoms with Gasteiger partial charge in [0.05, 0.1) is 18.3 Å². The molecule has 2 N–H and O–H groups in total. The summed E-state index contributed by atoms with van der Waals surface area (Å²) in [5, 5.41) is 5.59. The summed E-state index contributed by atoms with van der Waals surface area (Å²) in [4.78, 5) is 29.5. The van der Waals surface area contributed by atoms with Gasteiger partial charge in [0.2, 0.25) is 5.82 Å². The number of ether oxygens (including phenoxy) is 1. The summed E-state index contributed by atoms with van der Waals surface area (Å²) < 4.78 is 6.86. The van der Waals surface area contributed by atoms with Crippen molar-refractivity contribution < 1.29 is 14.3 Å². The van der Waals surface area contributed by atoms with Gasteiger partial charge in [-0.05, 0) is 38.1 Å². The Balaban J connectivity index is 1.99. The van der Waals surface area contributed by atoms with E-state index in [9.17, 15) is 9.59 Å². The minimum atomic E-state index is -0.415. The third-order valence-electron chi connectivity index (χ3n) is 3.74. The van der Waals surface area contributed by atoms with E-state index < -0.39 is 5.91 Å². The predicted octanol–water partition coefficient (Wildman–Crippen LogP) is 2.73. The molecule has 2 aromatic heterocycles. The van der Waals surface area contributed by atoms with Crippen LogP contribution >= 0.6 is 0 Å². The first-order valence-electron chi connectivity index (χ1n) is 8.23. The standard InChI is InChI=1S/C19H20N4O3/c1-12(2)20-19(25)17-22-16(14-9-6-7-11-23(14)17)18(24)21-13-8-4-5-10-15(13)26-3/h4-12H,1-3H3,(H,20,25)(H,21,24). The molecule has 2 amide bonds. The number of hydrogen-bond donors (Lipinski definition) is 2. The Kier molecular flexibility index (Phi) is 4.88. The number of para-hydroxylation sites is 2. The summed E-state index contributed by atoms with van der Waals surface area (Å²) in [6.45, 7) is 3.73. The Hall–Kier alpha value is -3.35. The summed E-state index contributed by atoms with van der Waals surface area (Å²) >= 11 is 0. The van der Waals surface area contributed by atoms with Gasteiger partial charge in [-0.15, -0.1) is 0 Å². The van der Waals surface area contributed by atoms with Gasteiger partial charge in [-0.2, -0.15) is 0 Å². The van der Waals surface area contributed by atoms with Crippen LogP contribution in [0.5, 0.6) is 5.75 Å². The maximum Gasteiger partial charge on any atom is 0.287 e. The molecule has 0 aliphatic carbocycles. The summed E-state index contributed by atoms with van der Waals surface area (Å²) in [7, 11) is 1.53. The highest BCUT2D eigenvalue weighted by Gasteiger charge is 2.22. The first kappa shape index (κ1) is 17.5. The van der Waals surface area contributed by atoms with E-state index in [0.29, 0.717) is 17.0 Å². The number of methoxy groups -OCH3 is 1. The van der Waals surface area contributed by atoms with E-state index in [1.54, 1.807) is 47.0 Å². The van der Waals surface area contributed by atoms with E-state index in [4.69, 9.17) is 4.74 Å². The van der Waals surface area contributed by atoms with Crippen molar-refractivity contribution in [2.75, 3.05) is 12.4 Å². The van der Waals surface area contributed by atoms with Crippen LogP contribution in [0.4, 0.5) is 5.69 Å². The Morgan fingerprint density at radius 3 is 2.54 bits per heavy atom. The fourth-order valence-corrected chi connectivity index (χ4v) is 2.62. The molecule has 7 nitrogen and oxygen atoms in total. The van der Waals surface area contributed by atoms with Crippen LogP contribution in [0.2, 0.25) is 0 Å². The molecule has 0 aliphatic rings. The van der Waals surface area contributed by atoms with E-state index in [1.165, 1.54) is 7.11 Å². The van der Waals surface area contributed by atoms with E-state index in [0.717, 1.165) is 0 Å². The second-order valence-corrected chi connectivity index (χ2v) is 6.02. The van der Waals surface area contributed by atoms with Gasteiger partial charge in [0.15, 0.2) is 5.69 Å². The quantitative estimate of drug-likeness (QED) is 0.739. The number of anilines is 1. The predicted molar refractivity (Wildman–Crippen MR) is 98.7 cm³/mol. The molecule has 0 fully saturated rings. The molecule has 134 valence electrons. The lowest BCUT2D eigenvalue weighted by atomic mass is 10.2. The number of benzene rings is 1. The SMILES string of the molecule is COc1ccccc1NC(=O)c1nc(C(=O)NC(C)C)n2ccccc12. The van der Waals surface area contributed by atoms with Crippen molar-refractivity contribution in [2.45, 2.75) is 19.9 Å². The van der Waals surface area contributed by atoms with Crippen molar-refractivity contribution >= 4 is 23.0 Å². The fraction of sp³-hybridized carbons (Fsp3) is 0.211. The zero-order valence-corrected chi connectivity index (χ0v) is 14.8. The van der Waals surface area contributed by atoms with Crippen LogP contribution in [0.15, 0.2) is 48.7 Å². The normalized spacial score (nSPS) is 10.8. The number of nitrogens with one attached hydrogen (secondary N) is 2. The molecular weight excluding hydrogens is 332 g/mol. The number of aromatic nitrogens is 2. The van der Waals surface area contributed by atoms with Crippen molar-refractivity contribution in [2.24, 2.45) is 0 Å². The van der Waals surface area contributed by atoms with Crippen molar-refractivity contribution in [3.8, 4) is 5.75 Å². The van der Waals surface area contributed by atoms with E-state index in [2.05, 4.69) is 15.6 Å². The number of imidazole rings is 1. The topological polar surface area (TPSA) is 84.7 Å². The van der Waals surface area contributed by atoms with E-state index >= 15 is 0 Å². The molecule has 0 unspecified atom stereocenters. The Morgan fingerprint density at radius 2 is 1.81 bits per heavy atom. The number of pyridine rings is 1. The summed E-state index contributed by atoms with van der Waals surface area (Å²) in [6.07, 6.45) is 1.71. The van der Waals surface area contributed by atoms with Crippen LogP contribution in [0.3, 0.4) is 0 Å². The lowest BCUT2D eigenvalue weighted by molar-refractivity contribution is 0.0932. The second kappa shape index (κ2) is 7.26. The number of rotatable bonds is 5. The maximum atomic E-state index is 12.8. The van der Waals surface area contributed by atoms with Crippen LogP contribution in [-0.4, -0.2) is 34.4 Å². The third kappa shape index (κ3) is 3.37. The molecule has 0 atom stereocenters. The average molecular weight is 352 g/mol. The van der Waals surface area contributed by atoms with Gasteiger partial charge in [0, 0.05) is 12.2 Å². The molecule has 0 saturated heterocycles. The largest absolute Gasteiger partial charge is 0.495 e. The maximum absolute atomic E-state index is 12.8. The third-order valence-corrected chi connectivity index (χ3v) is 3.74. The Labute approximate surface area is 151 Å². The first-order chi connectivity index (χ1) is 12.5. The minimum absolute atomic E-state index is 0.0376. The van der Waals surface area contributed by atoms with Crippen LogP contribution in [0, 0.1) is 0 Å². The number of fused-ring (bicyclic) bond motifs is 1. The molecule has 0 saturated carbocycles. The Morgan fingerprint density at radius 1 is 1.08 bits per heavy atom. The molecule has 0 aliphatic heterocycles. The zero-order valence-electron chi connectivity index (χ0n) is 14.8. The van der Waals surface area contributed by atoms with Crippen LogP contribution in [-0.2, 0) is 0 Å². The molecule has 0 spiro atoms. The van der Waals surface area contributed by atoms with Gasteiger partial charge < -0.3 is 15.4 Å². The smallest absolute Gasteiger partial charge is 0.287 e. The lowest BCUT2D eigenvalue weighted by Gasteiger charge is -2.08. The van der Waals surface area contributed by atoms with Crippen molar-refractivity contribution in [3.63, 3.8) is 0 Å². The van der Waals surface area contributed by atoms with Crippen LogP contribution in [0.25, 0.3) is 5.52 Å². The van der Waals surface area contributed by atoms with Gasteiger partial charge >= 0.3 is 0 Å². The fourth-order valence-electron chi connectivity index (χ4n) is 2.62. The number of carbonyl (C=O) groups excluding carboxylic acids is 2. The second-order valence-electron chi connectivity index (χ2n) is 6.02. The Bertz CT molecular complexity index is 962.